The van der Waals surface area contributed by atoms with Crippen molar-refractivity contribution in [2.24, 2.45) is 0 Å². The van der Waals surface area contributed by atoms with E-state index in [0.29, 0.717) is 15.6 Å². The quantitative estimate of drug-likeness (QED) is 0.826. The Kier molecular flexibility index (Phi) is 5.22. The van der Waals surface area contributed by atoms with E-state index >= 15 is 0 Å². The molecule has 25 heavy (non-hydrogen) atoms. The zero-order chi connectivity index (χ0) is 18.1. The molecule has 1 N–H and O–H groups in total. The van der Waals surface area contributed by atoms with Crippen LogP contribution in [0.2, 0.25) is 10.0 Å². The summed E-state index contributed by atoms with van der Waals surface area (Å²) in [6.45, 7) is 0. The molecule has 2 aromatic carbocycles. The van der Waals surface area contributed by atoms with Crippen LogP contribution in [0, 0.1) is 5.82 Å². The third-order valence-corrected chi connectivity index (χ3v) is 5.92. The summed E-state index contributed by atoms with van der Waals surface area (Å²) < 4.78 is 14.0. The van der Waals surface area contributed by atoms with E-state index in [-0.39, 0.29) is 11.3 Å². The number of hydrogen-bond donors (Lipinski definition) is 1. The third kappa shape index (κ3) is 3.47. The maximum atomic E-state index is 14.0. The minimum absolute atomic E-state index is 0.165. The van der Waals surface area contributed by atoms with Crippen molar-refractivity contribution in [2.75, 3.05) is 5.75 Å². The van der Waals surface area contributed by atoms with Crippen LogP contribution in [-0.4, -0.2) is 33.7 Å². The lowest BCUT2D eigenvalue weighted by Crippen LogP contribution is -2.43. The number of amides is 1. The van der Waals surface area contributed by atoms with Gasteiger partial charge in [0.25, 0.3) is 5.91 Å². The largest absolute Gasteiger partial charge is 0.480 e. The van der Waals surface area contributed by atoms with E-state index in [1.807, 2.05) is 0 Å². The SMILES string of the molecule is O=C(O)C1CSC(c2ccc(Cl)c(Cl)c2)N1C(=O)c1ccccc1F. The molecule has 2 aromatic rings. The Morgan fingerprint density at radius 2 is 1.88 bits per heavy atom. The molecule has 1 aliphatic heterocycles. The van der Waals surface area contributed by atoms with Crippen LogP contribution in [0.5, 0.6) is 0 Å². The molecule has 2 unspecified atom stereocenters. The molecule has 0 saturated carbocycles. The number of aliphatic carboxylic acids is 1. The maximum Gasteiger partial charge on any atom is 0.327 e. The molecule has 1 fully saturated rings. The second kappa shape index (κ2) is 7.23. The van der Waals surface area contributed by atoms with E-state index in [0.717, 1.165) is 0 Å². The minimum atomic E-state index is -1.14. The Hall–Kier alpha value is -1.76. The molecular formula is C17H12Cl2FNO3S. The fourth-order valence-electron chi connectivity index (χ4n) is 2.64. The van der Waals surface area contributed by atoms with Crippen molar-refractivity contribution in [2.45, 2.75) is 11.4 Å². The van der Waals surface area contributed by atoms with E-state index in [1.165, 1.54) is 40.9 Å². The zero-order valence-corrected chi connectivity index (χ0v) is 15.0. The van der Waals surface area contributed by atoms with Gasteiger partial charge >= 0.3 is 5.97 Å². The lowest BCUT2D eigenvalue weighted by atomic mass is 10.1. The lowest BCUT2D eigenvalue weighted by molar-refractivity contribution is -0.141. The molecule has 1 heterocycles. The van der Waals surface area contributed by atoms with Crippen LogP contribution in [0.25, 0.3) is 0 Å². The number of halogens is 3. The summed E-state index contributed by atoms with van der Waals surface area (Å²) in [5.41, 5.74) is 0.467. The number of nitrogens with zero attached hydrogens (tertiary/aromatic N) is 1. The third-order valence-electron chi connectivity index (χ3n) is 3.85. The molecule has 0 spiro atoms. The van der Waals surface area contributed by atoms with Crippen LogP contribution in [-0.2, 0) is 4.79 Å². The van der Waals surface area contributed by atoms with E-state index in [9.17, 15) is 19.1 Å². The molecule has 8 heteroatoms. The second-order valence-corrected chi connectivity index (χ2v) is 7.33. The average molecular weight is 400 g/mol. The average Bonchev–Trinajstić information content (AvgIpc) is 3.02. The number of rotatable bonds is 3. The van der Waals surface area contributed by atoms with Crippen molar-refractivity contribution in [1.82, 2.24) is 4.90 Å². The standard InChI is InChI=1S/C17H12Cl2FNO3S/c18-11-6-5-9(7-12(11)19)16-21(14(8-25-16)17(23)24)15(22)10-3-1-2-4-13(10)20/h1-7,14,16H,8H2,(H,23,24). The Balaban J connectivity index is 2.03. The summed E-state index contributed by atoms with van der Waals surface area (Å²) in [6.07, 6.45) is 0. The Morgan fingerprint density at radius 1 is 1.16 bits per heavy atom. The number of benzene rings is 2. The molecule has 0 aliphatic carbocycles. The fourth-order valence-corrected chi connectivity index (χ4v) is 4.36. The van der Waals surface area contributed by atoms with Crippen molar-refractivity contribution < 1.29 is 19.1 Å². The lowest BCUT2D eigenvalue weighted by Gasteiger charge is -2.28. The van der Waals surface area contributed by atoms with Crippen molar-refractivity contribution in [1.29, 1.82) is 0 Å². The summed E-state index contributed by atoms with van der Waals surface area (Å²) in [5.74, 6) is -2.31. The van der Waals surface area contributed by atoms with Crippen LogP contribution in [0.3, 0.4) is 0 Å². The molecule has 1 amide bonds. The topological polar surface area (TPSA) is 57.6 Å². The Bertz CT molecular complexity index is 848. The summed E-state index contributed by atoms with van der Waals surface area (Å²) in [6, 6.07) is 9.30. The summed E-state index contributed by atoms with van der Waals surface area (Å²) >= 11 is 13.2. The fraction of sp³-hybridized carbons (Fsp3) is 0.176. The zero-order valence-electron chi connectivity index (χ0n) is 12.7. The molecule has 3 rings (SSSR count). The molecule has 1 aliphatic rings. The predicted octanol–water partition coefficient (Wildman–Crippen LogP) is 4.47. The van der Waals surface area contributed by atoms with Crippen LogP contribution in [0.4, 0.5) is 4.39 Å². The van der Waals surface area contributed by atoms with Gasteiger partial charge in [0.05, 0.1) is 15.6 Å². The number of carboxylic acids is 1. The molecule has 0 bridgehead atoms. The predicted molar refractivity (Wildman–Crippen MR) is 95.7 cm³/mol. The van der Waals surface area contributed by atoms with E-state index in [2.05, 4.69) is 0 Å². The van der Waals surface area contributed by atoms with E-state index in [1.54, 1.807) is 18.2 Å². The van der Waals surface area contributed by atoms with Gasteiger partial charge in [0.15, 0.2) is 0 Å². The molecule has 1 saturated heterocycles. The van der Waals surface area contributed by atoms with Crippen molar-refractivity contribution in [3.63, 3.8) is 0 Å². The summed E-state index contributed by atoms with van der Waals surface area (Å²) in [5, 5.41) is 9.53. The Labute approximate surface area is 157 Å². The van der Waals surface area contributed by atoms with Gasteiger partial charge in [-0.1, -0.05) is 41.4 Å². The molecule has 0 radical (unpaired) electrons. The maximum absolute atomic E-state index is 14.0. The first kappa shape index (κ1) is 18.0. The summed E-state index contributed by atoms with van der Waals surface area (Å²) in [4.78, 5) is 25.6. The van der Waals surface area contributed by atoms with Gasteiger partial charge < -0.3 is 10.0 Å². The van der Waals surface area contributed by atoms with Crippen LogP contribution in [0.1, 0.15) is 21.3 Å². The van der Waals surface area contributed by atoms with Crippen molar-refractivity contribution >= 4 is 46.8 Å². The van der Waals surface area contributed by atoms with E-state index < -0.39 is 29.1 Å². The van der Waals surface area contributed by atoms with Crippen LogP contribution < -0.4 is 0 Å². The first-order valence-electron chi connectivity index (χ1n) is 7.26. The molecule has 4 nitrogen and oxygen atoms in total. The first-order valence-corrected chi connectivity index (χ1v) is 9.07. The smallest absolute Gasteiger partial charge is 0.327 e. The van der Waals surface area contributed by atoms with Crippen molar-refractivity contribution in [3.05, 3.63) is 69.5 Å². The highest BCUT2D eigenvalue weighted by Gasteiger charge is 2.43. The normalized spacial score (nSPS) is 19.9. The number of carbonyl (C=O) groups excluding carboxylic acids is 1. The number of carboxylic acid groups (broad SMARTS) is 1. The van der Waals surface area contributed by atoms with Gasteiger partial charge in [0.2, 0.25) is 0 Å². The van der Waals surface area contributed by atoms with Crippen LogP contribution in [0.15, 0.2) is 42.5 Å². The van der Waals surface area contributed by atoms with E-state index in [4.69, 9.17) is 23.2 Å². The second-order valence-electron chi connectivity index (χ2n) is 5.41. The monoisotopic (exact) mass is 399 g/mol. The van der Waals surface area contributed by atoms with Crippen molar-refractivity contribution in [3.8, 4) is 0 Å². The van der Waals surface area contributed by atoms with Gasteiger partial charge in [-0.05, 0) is 29.8 Å². The highest BCUT2D eigenvalue weighted by Crippen LogP contribution is 2.43. The van der Waals surface area contributed by atoms with Gasteiger partial charge in [-0.3, -0.25) is 4.79 Å². The molecule has 2 atom stereocenters. The van der Waals surface area contributed by atoms with Gasteiger partial charge in [-0.25, -0.2) is 9.18 Å². The first-order chi connectivity index (χ1) is 11.9. The molecular weight excluding hydrogens is 388 g/mol. The number of thioether (sulfide) groups is 1. The highest BCUT2D eigenvalue weighted by atomic mass is 35.5. The van der Waals surface area contributed by atoms with Gasteiger partial charge in [-0.2, -0.15) is 0 Å². The number of hydrogen-bond acceptors (Lipinski definition) is 3. The summed E-state index contributed by atoms with van der Waals surface area (Å²) in [7, 11) is 0. The Morgan fingerprint density at radius 3 is 2.52 bits per heavy atom. The van der Waals surface area contributed by atoms with Gasteiger partial charge in [0.1, 0.15) is 17.2 Å². The van der Waals surface area contributed by atoms with Gasteiger partial charge in [0, 0.05) is 5.75 Å². The number of carbonyl (C=O) groups is 2. The molecule has 0 aromatic heterocycles. The molecule has 130 valence electrons. The minimum Gasteiger partial charge on any atom is -0.480 e. The van der Waals surface area contributed by atoms with Gasteiger partial charge in [-0.15, -0.1) is 11.8 Å². The highest BCUT2D eigenvalue weighted by molar-refractivity contribution is 7.99. The van der Waals surface area contributed by atoms with Crippen LogP contribution >= 0.6 is 35.0 Å².